The standard InChI is InChI=1S/C11H14OS/c1-2-3-4-5-8-13-10-11-6-7-12-9-11/h6-7,9H,2-4,10H2,1H3. The fourth-order valence-corrected chi connectivity index (χ4v) is 1.47. The minimum absolute atomic E-state index is 0.926. The number of hydrogen-bond donors (Lipinski definition) is 0. The zero-order valence-corrected chi connectivity index (χ0v) is 8.69. The fraction of sp³-hybridized carbons (Fsp3) is 0.455. The van der Waals surface area contributed by atoms with Gasteiger partial charge in [0.1, 0.15) is 0 Å². The van der Waals surface area contributed by atoms with Crippen molar-refractivity contribution in [2.24, 2.45) is 0 Å². The first-order valence-electron chi connectivity index (χ1n) is 4.54. The largest absolute Gasteiger partial charge is 0.472 e. The lowest BCUT2D eigenvalue weighted by Gasteiger charge is -1.87. The van der Waals surface area contributed by atoms with Crippen LogP contribution < -0.4 is 0 Å². The summed E-state index contributed by atoms with van der Waals surface area (Å²) in [6, 6.07) is 1.97. The molecule has 0 bridgehead atoms. The van der Waals surface area contributed by atoms with Crippen LogP contribution in [0.15, 0.2) is 23.0 Å². The minimum atomic E-state index is 0.926. The third-order valence-electron chi connectivity index (χ3n) is 1.62. The first-order chi connectivity index (χ1) is 6.43. The lowest BCUT2D eigenvalue weighted by Crippen LogP contribution is -1.70. The van der Waals surface area contributed by atoms with E-state index in [-0.39, 0.29) is 0 Å². The Hall–Kier alpha value is -0.810. The summed E-state index contributed by atoms with van der Waals surface area (Å²) in [7, 11) is 0. The van der Waals surface area contributed by atoms with Gasteiger partial charge in [0.05, 0.1) is 12.5 Å². The van der Waals surface area contributed by atoms with E-state index in [0.717, 1.165) is 12.2 Å². The van der Waals surface area contributed by atoms with Crippen LogP contribution in [0.3, 0.4) is 0 Å². The van der Waals surface area contributed by atoms with Crippen LogP contribution in [0.5, 0.6) is 0 Å². The molecular formula is C11H14OS. The average molecular weight is 194 g/mol. The Kier molecular flexibility index (Phi) is 5.28. The molecule has 0 aromatic carbocycles. The zero-order chi connectivity index (χ0) is 9.36. The van der Waals surface area contributed by atoms with E-state index in [4.69, 9.17) is 4.42 Å². The molecule has 0 fully saturated rings. The van der Waals surface area contributed by atoms with Crippen molar-refractivity contribution in [3.8, 4) is 11.2 Å². The summed E-state index contributed by atoms with van der Waals surface area (Å²) < 4.78 is 4.95. The van der Waals surface area contributed by atoms with E-state index in [2.05, 4.69) is 18.1 Å². The number of hydrogen-bond acceptors (Lipinski definition) is 2. The van der Waals surface area contributed by atoms with Gasteiger partial charge in [0, 0.05) is 17.7 Å². The van der Waals surface area contributed by atoms with Crippen LogP contribution in [0.4, 0.5) is 0 Å². The van der Waals surface area contributed by atoms with Crippen LogP contribution in [-0.4, -0.2) is 0 Å². The highest BCUT2D eigenvalue weighted by Crippen LogP contribution is 2.10. The van der Waals surface area contributed by atoms with E-state index in [1.807, 2.05) is 6.07 Å². The van der Waals surface area contributed by atoms with E-state index in [1.165, 1.54) is 18.4 Å². The normalized spacial score (nSPS) is 9.31. The zero-order valence-electron chi connectivity index (χ0n) is 7.88. The first kappa shape index (κ1) is 10.3. The maximum absolute atomic E-state index is 4.95. The summed E-state index contributed by atoms with van der Waals surface area (Å²) in [4.78, 5) is 0. The molecule has 70 valence electrons. The second kappa shape index (κ2) is 6.68. The van der Waals surface area contributed by atoms with Crippen molar-refractivity contribution in [3.63, 3.8) is 0 Å². The highest BCUT2D eigenvalue weighted by molar-refractivity contribution is 8.03. The molecule has 0 radical (unpaired) electrons. The molecule has 0 aliphatic carbocycles. The van der Waals surface area contributed by atoms with Crippen molar-refractivity contribution in [2.45, 2.75) is 31.9 Å². The van der Waals surface area contributed by atoms with E-state index < -0.39 is 0 Å². The molecular weight excluding hydrogens is 180 g/mol. The van der Waals surface area contributed by atoms with E-state index in [0.29, 0.717) is 0 Å². The second-order valence-corrected chi connectivity index (χ2v) is 3.58. The van der Waals surface area contributed by atoms with Gasteiger partial charge >= 0.3 is 0 Å². The fourth-order valence-electron chi connectivity index (χ4n) is 0.861. The van der Waals surface area contributed by atoms with Gasteiger partial charge in [0.2, 0.25) is 0 Å². The van der Waals surface area contributed by atoms with Crippen LogP contribution in [0, 0.1) is 11.2 Å². The van der Waals surface area contributed by atoms with Crippen molar-refractivity contribution >= 4 is 11.8 Å². The Morgan fingerprint density at radius 1 is 1.54 bits per heavy atom. The molecule has 0 aliphatic heterocycles. The molecule has 0 spiro atoms. The molecule has 0 saturated carbocycles. The highest BCUT2D eigenvalue weighted by Gasteiger charge is 1.90. The Bertz CT molecular complexity index is 266. The van der Waals surface area contributed by atoms with E-state index in [9.17, 15) is 0 Å². The van der Waals surface area contributed by atoms with E-state index >= 15 is 0 Å². The van der Waals surface area contributed by atoms with Gasteiger partial charge in [-0.2, -0.15) is 0 Å². The molecule has 2 heteroatoms. The predicted molar refractivity (Wildman–Crippen MR) is 57.3 cm³/mol. The molecule has 0 aliphatic rings. The Labute approximate surface area is 83.9 Å². The van der Waals surface area contributed by atoms with Gasteiger partial charge in [-0.15, -0.1) is 0 Å². The summed E-state index contributed by atoms with van der Waals surface area (Å²) in [5, 5.41) is 3.08. The lowest BCUT2D eigenvalue weighted by molar-refractivity contribution is 0.565. The molecule has 0 unspecified atom stereocenters. The Morgan fingerprint density at radius 3 is 3.15 bits per heavy atom. The molecule has 0 N–H and O–H groups in total. The van der Waals surface area contributed by atoms with Crippen LogP contribution in [0.2, 0.25) is 0 Å². The van der Waals surface area contributed by atoms with Gasteiger partial charge in [-0.05, 0) is 17.7 Å². The van der Waals surface area contributed by atoms with Gasteiger partial charge in [0.15, 0.2) is 0 Å². The monoisotopic (exact) mass is 194 g/mol. The molecule has 1 nitrogen and oxygen atoms in total. The third-order valence-corrected chi connectivity index (χ3v) is 2.38. The third kappa shape index (κ3) is 4.69. The van der Waals surface area contributed by atoms with Crippen LogP contribution in [-0.2, 0) is 5.75 Å². The average Bonchev–Trinajstić information content (AvgIpc) is 2.63. The summed E-state index contributed by atoms with van der Waals surface area (Å²) in [5.74, 6) is 4.06. The maximum atomic E-state index is 4.95. The molecule has 1 aromatic rings. The molecule has 1 aromatic heterocycles. The molecule has 1 heterocycles. The Morgan fingerprint density at radius 2 is 2.46 bits per heavy atom. The van der Waals surface area contributed by atoms with Crippen LogP contribution >= 0.6 is 11.8 Å². The van der Waals surface area contributed by atoms with Crippen molar-refractivity contribution in [3.05, 3.63) is 24.2 Å². The number of thioether (sulfide) groups is 1. The molecule has 13 heavy (non-hydrogen) atoms. The predicted octanol–water partition coefficient (Wildman–Crippen LogP) is 3.66. The smallest absolute Gasteiger partial charge is 0.0943 e. The lowest BCUT2D eigenvalue weighted by atomic mass is 10.3. The number of furan rings is 1. The summed E-state index contributed by atoms with van der Waals surface area (Å²) in [6.45, 7) is 2.18. The molecule has 0 atom stereocenters. The van der Waals surface area contributed by atoms with Crippen molar-refractivity contribution in [2.75, 3.05) is 0 Å². The van der Waals surface area contributed by atoms with Gasteiger partial charge in [-0.1, -0.05) is 31.0 Å². The maximum Gasteiger partial charge on any atom is 0.0943 e. The van der Waals surface area contributed by atoms with Crippen molar-refractivity contribution in [1.82, 2.24) is 0 Å². The van der Waals surface area contributed by atoms with Gasteiger partial charge in [-0.3, -0.25) is 0 Å². The summed E-state index contributed by atoms with van der Waals surface area (Å²) >= 11 is 1.64. The van der Waals surface area contributed by atoms with Crippen LogP contribution in [0.1, 0.15) is 31.7 Å². The van der Waals surface area contributed by atoms with E-state index in [1.54, 1.807) is 24.3 Å². The van der Waals surface area contributed by atoms with Gasteiger partial charge < -0.3 is 4.42 Å². The molecule has 1 rings (SSSR count). The van der Waals surface area contributed by atoms with Crippen LogP contribution in [0.25, 0.3) is 0 Å². The quantitative estimate of drug-likeness (QED) is 0.536. The van der Waals surface area contributed by atoms with Gasteiger partial charge in [-0.25, -0.2) is 0 Å². The summed E-state index contributed by atoms with van der Waals surface area (Å²) in [5.41, 5.74) is 1.20. The number of rotatable bonds is 4. The molecule has 0 saturated heterocycles. The SMILES string of the molecule is CCCCC#CSCc1ccoc1. The second-order valence-electron chi connectivity index (χ2n) is 2.80. The molecule has 0 amide bonds. The topological polar surface area (TPSA) is 13.1 Å². The van der Waals surface area contributed by atoms with Crippen molar-refractivity contribution in [1.29, 1.82) is 0 Å². The summed E-state index contributed by atoms with van der Waals surface area (Å²) in [6.07, 6.45) is 6.91. The first-order valence-corrected chi connectivity index (χ1v) is 5.52. The van der Waals surface area contributed by atoms with Crippen molar-refractivity contribution < 1.29 is 4.42 Å². The minimum Gasteiger partial charge on any atom is -0.472 e. The highest BCUT2D eigenvalue weighted by atomic mass is 32.2. The van der Waals surface area contributed by atoms with Gasteiger partial charge in [0.25, 0.3) is 0 Å². The Balaban J connectivity index is 2.09. The number of unbranched alkanes of at least 4 members (excludes halogenated alkanes) is 2.